The van der Waals surface area contributed by atoms with E-state index in [1.54, 1.807) is 12.4 Å². The van der Waals surface area contributed by atoms with Crippen molar-refractivity contribution in [3.63, 3.8) is 0 Å². The fourth-order valence-corrected chi connectivity index (χ4v) is 3.99. The number of hydrogen-bond acceptors (Lipinski definition) is 7. The Balaban J connectivity index is 0.000000333. The summed E-state index contributed by atoms with van der Waals surface area (Å²) in [6, 6.07) is 3.49. The van der Waals surface area contributed by atoms with Crippen molar-refractivity contribution in [2.75, 3.05) is 33.3 Å². The van der Waals surface area contributed by atoms with E-state index in [0.29, 0.717) is 32.8 Å². The Hall–Kier alpha value is -3.47. The van der Waals surface area contributed by atoms with Crippen LogP contribution in [0.4, 0.5) is 26.3 Å². The maximum absolute atomic E-state index is 12.5. The summed E-state index contributed by atoms with van der Waals surface area (Å²) in [5.74, 6) is -5.03. The summed E-state index contributed by atoms with van der Waals surface area (Å²) in [5.41, 5.74) is 0.676. The third-order valence-corrected chi connectivity index (χ3v) is 6.32. The second-order valence-corrected chi connectivity index (χ2v) is 9.43. The standard InChI is InChI=1S/C19H26N4O3.2C2HF3O2/c1-22-11-19(12-23(13-19)18(25)15-5-2-6-15)26-10-16(22)17(24)21-9-14-4-3-7-20-8-14;2*3-2(4,5)1(6)7/h3-4,7-8,15-16H,2,5-6,9-13H2,1H3,(H,21,24);2*(H,6,7). The molecule has 1 spiro atoms. The van der Waals surface area contributed by atoms with Gasteiger partial charge >= 0.3 is 24.3 Å². The van der Waals surface area contributed by atoms with E-state index in [0.717, 1.165) is 18.4 Å². The van der Waals surface area contributed by atoms with E-state index >= 15 is 0 Å². The van der Waals surface area contributed by atoms with Gasteiger partial charge in [-0.05, 0) is 31.5 Å². The van der Waals surface area contributed by atoms with Crippen molar-refractivity contribution in [3.05, 3.63) is 30.1 Å². The molecule has 2 aliphatic heterocycles. The van der Waals surface area contributed by atoms with Crippen LogP contribution in [0.2, 0.25) is 0 Å². The first-order valence-corrected chi connectivity index (χ1v) is 11.8. The molecular weight excluding hydrogens is 558 g/mol. The predicted octanol–water partition coefficient (Wildman–Crippen LogP) is 1.68. The van der Waals surface area contributed by atoms with Gasteiger partial charge in [-0.15, -0.1) is 0 Å². The van der Waals surface area contributed by atoms with E-state index in [9.17, 15) is 35.9 Å². The van der Waals surface area contributed by atoms with Gasteiger partial charge in [0.25, 0.3) is 0 Å². The lowest BCUT2D eigenvalue weighted by Crippen LogP contribution is -2.73. The second kappa shape index (κ2) is 13.3. The number of ether oxygens (including phenoxy) is 1. The number of hydrogen-bond donors (Lipinski definition) is 3. The van der Waals surface area contributed by atoms with Crippen LogP contribution in [-0.2, 0) is 30.5 Å². The SMILES string of the molecule is CN1CC2(CN(C(=O)C3CCC3)C2)OCC1C(=O)NCc1cccnc1.O=C(O)C(F)(F)F.O=C(O)C(F)(F)F. The Bertz CT molecular complexity index is 1020. The number of carbonyl (C=O) groups excluding carboxylic acids is 2. The molecule has 4 rings (SSSR count). The van der Waals surface area contributed by atoms with Gasteiger partial charge in [0.1, 0.15) is 11.6 Å². The summed E-state index contributed by atoms with van der Waals surface area (Å²) in [6.45, 7) is 2.80. The van der Waals surface area contributed by atoms with Crippen LogP contribution >= 0.6 is 0 Å². The molecule has 1 aromatic rings. The zero-order valence-corrected chi connectivity index (χ0v) is 21.2. The molecular formula is C23H28F6N4O7. The van der Waals surface area contributed by atoms with Crippen LogP contribution in [-0.4, -0.2) is 106 Å². The van der Waals surface area contributed by atoms with Crippen LogP contribution in [0.25, 0.3) is 0 Å². The number of carboxylic acid groups (broad SMARTS) is 2. The maximum atomic E-state index is 12.5. The number of nitrogens with zero attached hydrogens (tertiary/aromatic N) is 3. The van der Waals surface area contributed by atoms with Crippen molar-refractivity contribution in [1.29, 1.82) is 0 Å². The molecule has 1 atom stereocenters. The molecule has 17 heteroatoms. The quantitative estimate of drug-likeness (QED) is 0.448. The van der Waals surface area contributed by atoms with Gasteiger partial charge in [0, 0.05) is 31.4 Å². The Kier molecular flexibility index (Phi) is 10.9. The number of amides is 2. The number of morpholine rings is 1. The first-order chi connectivity index (χ1) is 18.4. The monoisotopic (exact) mass is 586 g/mol. The van der Waals surface area contributed by atoms with E-state index in [4.69, 9.17) is 24.5 Å². The average molecular weight is 586 g/mol. The van der Waals surface area contributed by atoms with Crippen molar-refractivity contribution in [3.8, 4) is 0 Å². The fourth-order valence-electron chi connectivity index (χ4n) is 3.99. The second-order valence-electron chi connectivity index (χ2n) is 9.43. The van der Waals surface area contributed by atoms with E-state index in [1.807, 2.05) is 29.0 Å². The number of likely N-dealkylation sites (N-methyl/N-ethyl adjacent to an activating group) is 1. The number of alkyl halides is 6. The molecule has 1 saturated carbocycles. The molecule has 1 aliphatic carbocycles. The number of carboxylic acids is 2. The lowest BCUT2D eigenvalue weighted by atomic mass is 9.81. The highest BCUT2D eigenvalue weighted by molar-refractivity contribution is 5.82. The van der Waals surface area contributed by atoms with Gasteiger partial charge < -0.3 is 25.2 Å². The van der Waals surface area contributed by atoms with Gasteiger partial charge in [0.15, 0.2) is 0 Å². The van der Waals surface area contributed by atoms with Crippen molar-refractivity contribution in [2.45, 2.75) is 49.8 Å². The van der Waals surface area contributed by atoms with E-state index < -0.39 is 24.3 Å². The van der Waals surface area contributed by atoms with Crippen LogP contribution in [0, 0.1) is 5.92 Å². The van der Waals surface area contributed by atoms with Crippen LogP contribution in [0.3, 0.4) is 0 Å². The highest BCUT2D eigenvalue weighted by Crippen LogP contribution is 2.35. The Labute approximate surface area is 224 Å². The first-order valence-electron chi connectivity index (χ1n) is 11.8. The van der Waals surface area contributed by atoms with Crippen molar-refractivity contribution in [1.82, 2.24) is 20.1 Å². The number of aromatic nitrogens is 1. The van der Waals surface area contributed by atoms with Crippen LogP contribution < -0.4 is 5.32 Å². The smallest absolute Gasteiger partial charge is 0.475 e. The molecule has 1 aromatic heterocycles. The van der Waals surface area contributed by atoms with Crippen LogP contribution in [0.5, 0.6) is 0 Å². The summed E-state index contributed by atoms with van der Waals surface area (Å²) in [4.78, 5) is 50.6. The number of pyridine rings is 1. The lowest BCUT2D eigenvalue weighted by Gasteiger charge is -2.55. The number of carbonyl (C=O) groups is 4. The summed E-state index contributed by atoms with van der Waals surface area (Å²) < 4.78 is 69.5. The maximum Gasteiger partial charge on any atom is 0.490 e. The van der Waals surface area contributed by atoms with Gasteiger partial charge in [-0.2, -0.15) is 26.3 Å². The molecule has 40 heavy (non-hydrogen) atoms. The molecule has 0 bridgehead atoms. The lowest BCUT2D eigenvalue weighted by molar-refractivity contribution is -0.204. The van der Waals surface area contributed by atoms with Crippen molar-refractivity contribution < 1.29 is 60.5 Å². The average Bonchev–Trinajstić information content (AvgIpc) is 2.80. The minimum absolute atomic E-state index is 0.0343. The van der Waals surface area contributed by atoms with Gasteiger partial charge in [-0.3, -0.25) is 19.5 Å². The summed E-state index contributed by atoms with van der Waals surface area (Å²) in [6.07, 6.45) is -3.47. The van der Waals surface area contributed by atoms with Crippen LogP contribution in [0.15, 0.2) is 24.5 Å². The number of rotatable bonds is 4. The van der Waals surface area contributed by atoms with Gasteiger partial charge in [-0.1, -0.05) is 12.5 Å². The van der Waals surface area contributed by atoms with Crippen molar-refractivity contribution in [2.24, 2.45) is 5.92 Å². The molecule has 11 nitrogen and oxygen atoms in total. The molecule has 0 radical (unpaired) electrons. The Morgan fingerprint density at radius 1 is 1.05 bits per heavy atom. The normalized spacial score (nSPS) is 20.5. The summed E-state index contributed by atoms with van der Waals surface area (Å²) >= 11 is 0. The van der Waals surface area contributed by atoms with E-state index in [2.05, 4.69) is 10.3 Å². The van der Waals surface area contributed by atoms with E-state index in [-0.39, 0.29) is 29.4 Å². The van der Waals surface area contributed by atoms with E-state index in [1.165, 1.54) is 6.42 Å². The fraction of sp³-hybridized carbons (Fsp3) is 0.609. The van der Waals surface area contributed by atoms with Gasteiger partial charge in [-0.25, -0.2) is 9.59 Å². The zero-order valence-electron chi connectivity index (χ0n) is 21.2. The minimum Gasteiger partial charge on any atom is -0.475 e. The topological polar surface area (TPSA) is 149 Å². The highest BCUT2D eigenvalue weighted by Gasteiger charge is 2.52. The Morgan fingerprint density at radius 2 is 1.60 bits per heavy atom. The largest absolute Gasteiger partial charge is 0.490 e. The third kappa shape index (κ3) is 9.32. The molecule has 1 unspecified atom stereocenters. The number of nitrogens with one attached hydrogen (secondary N) is 1. The van der Waals surface area contributed by atoms with Gasteiger partial charge in [0.05, 0.1) is 19.7 Å². The predicted molar refractivity (Wildman–Crippen MR) is 122 cm³/mol. The highest BCUT2D eigenvalue weighted by atomic mass is 19.4. The number of halogens is 6. The summed E-state index contributed by atoms with van der Waals surface area (Å²) in [5, 5.41) is 17.2. The Morgan fingerprint density at radius 3 is 2.00 bits per heavy atom. The van der Waals surface area contributed by atoms with Crippen molar-refractivity contribution >= 4 is 23.8 Å². The molecule has 2 amide bonds. The van der Waals surface area contributed by atoms with Crippen LogP contribution in [0.1, 0.15) is 24.8 Å². The molecule has 224 valence electrons. The molecule has 0 aromatic carbocycles. The molecule has 3 fully saturated rings. The zero-order chi connectivity index (χ0) is 30.3. The molecule has 3 N–H and O–H groups in total. The molecule has 3 heterocycles. The molecule has 2 saturated heterocycles. The number of likely N-dealkylation sites (tertiary alicyclic amines) is 1. The number of aliphatic carboxylic acids is 2. The molecule has 3 aliphatic rings. The third-order valence-electron chi connectivity index (χ3n) is 6.32. The summed E-state index contributed by atoms with van der Waals surface area (Å²) in [7, 11) is 1.95. The van der Waals surface area contributed by atoms with Gasteiger partial charge in [0.2, 0.25) is 11.8 Å². The minimum atomic E-state index is -5.08. The first kappa shape index (κ1) is 32.7.